The van der Waals surface area contributed by atoms with Crippen LogP contribution in [0.25, 0.3) is 11.0 Å². The molecule has 0 spiro atoms. The lowest BCUT2D eigenvalue weighted by molar-refractivity contribution is -0.131. The molecule has 25 heavy (non-hydrogen) atoms. The van der Waals surface area contributed by atoms with E-state index in [9.17, 15) is 4.79 Å². The number of hydrogen-bond acceptors (Lipinski definition) is 3. The first-order valence-corrected chi connectivity index (χ1v) is 9.38. The third kappa shape index (κ3) is 3.94. The number of nitrogens with zero attached hydrogens (tertiary/aromatic N) is 3. The van der Waals surface area contributed by atoms with Crippen molar-refractivity contribution in [1.29, 1.82) is 0 Å². The molecule has 3 rings (SSSR count). The van der Waals surface area contributed by atoms with Crippen LogP contribution in [0.5, 0.6) is 0 Å². The first kappa shape index (κ1) is 17.7. The fourth-order valence-electron chi connectivity index (χ4n) is 2.84. The number of imidazole rings is 1. The maximum Gasteiger partial charge on any atom is 0.243 e. The molecule has 0 fully saturated rings. The van der Waals surface area contributed by atoms with Crippen molar-refractivity contribution in [3.63, 3.8) is 0 Å². The highest BCUT2D eigenvalue weighted by atomic mass is 35.5. The van der Waals surface area contributed by atoms with Gasteiger partial charge in [0.05, 0.1) is 21.9 Å². The average Bonchev–Trinajstić information content (AvgIpc) is 3.18. The van der Waals surface area contributed by atoms with Gasteiger partial charge < -0.3 is 9.47 Å². The van der Waals surface area contributed by atoms with Gasteiger partial charge >= 0.3 is 0 Å². The quantitative estimate of drug-likeness (QED) is 0.571. The van der Waals surface area contributed by atoms with Gasteiger partial charge in [-0.1, -0.05) is 36.7 Å². The van der Waals surface area contributed by atoms with Crippen molar-refractivity contribution in [2.75, 3.05) is 6.54 Å². The molecule has 0 unspecified atom stereocenters. The number of rotatable bonds is 7. The Labute approximate surface area is 156 Å². The first-order valence-electron chi connectivity index (χ1n) is 8.19. The summed E-state index contributed by atoms with van der Waals surface area (Å²) in [6, 6.07) is 11.7. The lowest BCUT2D eigenvalue weighted by atomic mass is 10.3. The van der Waals surface area contributed by atoms with Crippen molar-refractivity contribution in [3.8, 4) is 0 Å². The molecule has 4 nitrogen and oxygen atoms in total. The van der Waals surface area contributed by atoms with E-state index in [-0.39, 0.29) is 12.5 Å². The van der Waals surface area contributed by atoms with Crippen molar-refractivity contribution in [2.24, 2.45) is 0 Å². The second kappa shape index (κ2) is 7.85. The van der Waals surface area contributed by atoms with E-state index in [0.717, 1.165) is 32.5 Å². The van der Waals surface area contributed by atoms with E-state index >= 15 is 0 Å². The molecule has 0 radical (unpaired) electrons. The summed E-state index contributed by atoms with van der Waals surface area (Å²) < 4.78 is 2.74. The van der Waals surface area contributed by atoms with Gasteiger partial charge in [0.15, 0.2) is 0 Å². The SMILES string of the molecule is C=CCN(Cc1ccc(Cl)s1)C(=O)Cn1c(CC)nc2ccccc21. The molecule has 1 amide bonds. The molecule has 6 heteroatoms. The highest BCUT2D eigenvalue weighted by molar-refractivity contribution is 7.16. The zero-order valence-electron chi connectivity index (χ0n) is 14.1. The zero-order valence-corrected chi connectivity index (χ0v) is 15.7. The molecule has 3 aromatic rings. The lowest BCUT2D eigenvalue weighted by Gasteiger charge is -2.21. The Kier molecular flexibility index (Phi) is 5.56. The second-order valence-corrected chi connectivity index (χ2v) is 7.52. The fraction of sp³-hybridized carbons (Fsp3) is 0.263. The summed E-state index contributed by atoms with van der Waals surface area (Å²) in [4.78, 5) is 20.4. The van der Waals surface area contributed by atoms with E-state index in [1.807, 2.05) is 41.0 Å². The zero-order chi connectivity index (χ0) is 17.8. The molecule has 0 saturated carbocycles. The fourth-order valence-corrected chi connectivity index (χ4v) is 3.95. The number of carbonyl (C=O) groups excluding carboxylic acids is 1. The van der Waals surface area contributed by atoms with E-state index in [4.69, 9.17) is 11.6 Å². The molecule has 2 heterocycles. The largest absolute Gasteiger partial charge is 0.332 e. The number of benzene rings is 1. The number of amides is 1. The number of fused-ring (bicyclic) bond motifs is 1. The molecule has 0 aliphatic rings. The summed E-state index contributed by atoms with van der Waals surface area (Å²) in [5, 5.41) is 0. The number of aromatic nitrogens is 2. The molecule has 130 valence electrons. The lowest BCUT2D eigenvalue weighted by Crippen LogP contribution is -2.33. The van der Waals surface area contributed by atoms with Crippen molar-refractivity contribution in [2.45, 2.75) is 26.4 Å². The smallest absolute Gasteiger partial charge is 0.243 e. The summed E-state index contributed by atoms with van der Waals surface area (Å²) in [5.74, 6) is 0.967. The van der Waals surface area contributed by atoms with Gasteiger partial charge in [-0.2, -0.15) is 0 Å². The summed E-state index contributed by atoms with van der Waals surface area (Å²) in [6.45, 7) is 7.14. The van der Waals surface area contributed by atoms with Gasteiger partial charge in [0.1, 0.15) is 12.4 Å². The van der Waals surface area contributed by atoms with Gasteiger partial charge in [-0.05, 0) is 24.3 Å². The normalized spacial score (nSPS) is 11.0. The van der Waals surface area contributed by atoms with E-state index in [1.165, 1.54) is 11.3 Å². The summed E-state index contributed by atoms with van der Waals surface area (Å²) in [7, 11) is 0. The van der Waals surface area contributed by atoms with Crippen LogP contribution in [0.15, 0.2) is 49.1 Å². The van der Waals surface area contributed by atoms with E-state index in [2.05, 4.69) is 18.5 Å². The monoisotopic (exact) mass is 373 g/mol. The molecular weight excluding hydrogens is 354 g/mol. The van der Waals surface area contributed by atoms with Gasteiger partial charge in [-0.25, -0.2) is 4.98 Å². The van der Waals surface area contributed by atoms with Gasteiger partial charge in [-0.3, -0.25) is 4.79 Å². The molecule has 2 aromatic heterocycles. The van der Waals surface area contributed by atoms with Gasteiger partial charge in [0.25, 0.3) is 0 Å². The highest BCUT2D eigenvalue weighted by Crippen LogP contribution is 2.23. The Morgan fingerprint density at radius 1 is 1.36 bits per heavy atom. The maximum absolute atomic E-state index is 12.9. The van der Waals surface area contributed by atoms with Crippen molar-refractivity contribution < 1.29 is 4.79 Å². The molecule has 0 bridgehead atoms. The van der Waals surface area contributed by atoms with Crippen LogP contribution in [-0.2, 0) is 24.3 Å². The third-order valence-electron chi connectivity index (χ3n) is 4.02. The van der Waals surface area contributed by atoms with Crippen LogP contribution in [-0.4, -0.2) is 26.9 Å². The minimum Gasteiger partial charge on any atom is -0.332 e. The number of thiophene rings is 1. The van der Waals surface area contributed by atoms with Crippen LogP contribution in [0.4, 0.5) is 0 Å². The van der Waals surface area contributed by atoms with Gasteiger partial charge in [-0.15, -0.1) is 17.9 Å². The van der Waals surface area contributed by atoms with Crippen LogP contribution in [0.1, 0.15) is 17.6 Å². The Hall–Kier alpha value is -2.11. The second-order valence-electron chi connectivity index (χ2n) is 5.73. The number of aryl methyl sites for hydroxylation is 1. The summed E-state index contributed by atoms with van der Waals surface area (Å²) in [5.41, 5.74) is 1.91. The summed E-state index contributed by atoms with van der Waals surface area (Å²) >= 11 is 7.50. The predicted molar refractivity (Wildman–Crippen MR) is 104 cm³/mol. The molecule has 0 aliphatic heterocycles. The third-order valence-corrected chi connectivity index (χ3v) is 5.24. The van der Waals surface area contributed by atoms with Crippen LogP contribution >= 0.6 is 22.9 Å². The number of halogens is 1. The van der Waals surface area contributed by atoms with Crippen LogP contribution in [0.3, 0.4) is 0 Å². The highest BCUT2D eigenvalue weighted by Gasteiger charge is 2.18. The Morgan fingerprint density at radius 3 is 2.84 bits per heavy atom. The first-order chi connectivity index (χ1) is 12.1. The van der Waals surface area contributed by atoms with E-state index in [0.29, 0.717) is 13.1 Å². The Balaban J connectivity index is 1.84. The minimum atomic E-state index is 0.0438. The van der Waals surface area contributed by atoms with Crippen LogP contribution in [0, 0.1) is 0 Å². The van der Waals surface area contributed by atoms with Gasteiger partial charge in [0, 0.05) is 17.8 Å². The average molecular weight is 374 g/mol. The van der Waals surface area contributed by atoms with E-state index < -0.39 is 0 Å². The number of carbonyl (C=O) groups is 1. The number of para-hydroxylation sites is 2. The molecule has 0 saturated heterocycles. The van der Waals surface area contributed by atoms with Crippen molar-refractivity contribution >= 4 is 39.9 Å². The molecule has 1 aromatic carbocycles. The Morgan fingerprint density at radius 2 is 2.16 bits per heavy atom. The standard InChI is InChI=1S/C19H20ClN3OS/c1-3-11-22(12-14-9-10-17(20)25-14)19(24)13-23-16-8-6-5-7-15(16)21-18(23)4-2/h3,5-10H,1,4,11-13H2,2H3. The minimum absolute atomic E-state index is 0.0438. The Bertz CT molecular complexity index is 899. The molecule has 0 aliphatic carbocycles. The number of hydrogen-bond donors (Lipinski definition) is 0. The predicted octanol–water partition coefficient (Wildman–Crippen LogP) is 4.53. The maximum atomic E-state index is 12.9. The van der Waals surface area contributed by atoms with E-state index in [1.54, 1.807) is 11.0 Å². The summed E-state index contributed by atoms with van der Waals surface area (Å²) in [6.07, 6.45) is 2.53. The molecule has 0 atom stereocenters. The van der Waals surface area contributed by atoms with Crippen LogP contribution in [0.2, 0.25) is 4.34 Å². The molecular formula is C19H20ClN3OS. The van der Waals surface area contributed by atoms with Gasteiger partial charge in [0.2, 0.25) is 5.91 Å². The van der Waals surface area contributed by atoms with Crippen molar-refractivity contribution in [3.05, 3.63) is 64.1 Å². The topological polar surface area (TPSA) is 38.1 Å². The molecule has 0 N–H and O–H groups in total. The van der Waals surface area contributed by atoms with Crippen molar-refractivity contribution in [1.82, 2.24) is 14.5 Å². The van der Waals surface area contributed by atoms with Crippen LogP contribution < -0.4 is 0 Å².